The first-order valence-corrected chi connectivity index (χ1v) is 6.77. The van der Waals surface area contributed by atoms with Crippen LogP contribution in [0.15, 0.2) is 34.2 Å². The molecule has 16 heavy (non-hydrogen) atoms. The SMILES string of the molecule is CN(Cc1ccccc1Cl)c1nc(Br)cs1. The average Bonchev–Trinajstić information content (AvgIpc) is 2.68. The van der Waals surface area contributed by atoms with E-state index in [1.165, 1.54) is 0 Å². The summed E-state index contributed by atoms with van der Waals surface area (Å²) in [6, 6.07) is 7.86. The van der Waals surface area contributed by atoms with Crippen molar-refractivity contribution in [3.8, 4) is 0 Å². The maximum Gasteiger partial charge on any atom is 0.186 e. The van der Waals surface area contributed by atoms with Gasteiger partial charge in [0.25, 0.3) is 0 Å². The number of hydrogen-bond acceptors (Lipinski definition) is 3. The number of benzene rings is 1. The summed E-state index contributed by atoms with van der Waals surface area (Å²) < 4.78 is 0.874. The summed E-state index contributed by atoms with van der Waals surface area (Å²) in [5, 5.41) is 3.75. The molecule has 0 atom stereocenters. The van der Waals surface area contributed by atoms with E-state index >= 15 is 0 Å². The number of thiazole rings is 1. The van der Waals surface area contributed by atoms with Crippen LogP contribution in [0.2, 0.25) is 5.02 Å². The minimum Gasteiger partial charge on any atom is -0.347 e. The number of halogens is 2. The highest BCUT2D eigenvalue weighted by Gasteiger charge is 2.08. The number of anilines is 1. The molecule has 0 unspecified atom stereocenters. The Balaban J connectivity index is 2.13. The lowest BCUT2D eigenvalue weighted by molar-refractivity contribution is 0.913. The van der Waals surface area contributed by atoms with Gasteiger partial charge >= 0.3 is 0 Å². The molecule has 84 valence electrons. The largest absolute Gasteiger partial charge is 0.347 e. The van der Waals surface area contributed by atoms with Crippen molar-refractivity contribution in [2.45, 2.75) is 6.54 Å². The van der Waals surface area contributed by atoms with Crippen LogP contribution in [0.25, 0.3) is 0 Å². The highest BCUT2D eigenvalue weighted by molar-refractivity contribution is 9.10. The van der Waals surface area contributed by atoms with E-state index < -0.39 is 0 Å². The molecular weight excluding hydrogens is 308 g/mol. The predicted octanol–water partition coefficient (Wildman–Crippen LogP) is 4.20. The van der Waals surface area contributed by atoms with Crippen molar-refractivity contribution in [3.63, 3.8) is 0 Å². The molecule has 0 fully saturated rings. The molecule has 2 aromatic rings. The van der Waals surface area contributed by atoms with Gasteiger partial charge in [-0.1, -0.05) is 29.8 Å². The molecule has 1 aromatic carbocycles. The monoisotopic (exact) mass is 316 g/mol. The lowest BCUT2D eigenvalue weighted by Crippen LogP contribution is -2.16. The van der Waals surface area contributed by atoms with Crippen molar-refractivity contribution < 1.29 is 0 Å². The van der Waals surface area contributed by atoms with Crippen LogP contribution in [0.3, 0.4) is 0 Å². The van der Waals surface area contributed by atoms with Gasteiger partial charge in [-0.25, -0.2) is 4.98 Å². The Morgan fingerprint density at radius 3 is 2.81 bits per heavy atom. The number of nitrogens with zero attached hydrogens (tertiary/aromatic N) is 2. The molecule has 1 heterocycles. The smallest absolute Gasteiger partial charge is 0.186 e. The van der Waals surface area contributed by atoms with Crippen molar-refractivity contribution in [1.29, 1.82) is 0 Å². The van der Waals surface area contributed by atoms with Crippen LogP contribution in [0.1, 0.15) is 5.56 Å². The van der Waals surface area contributed by atoms with Gasteiger partial charge in [0.15, 0.2) is 5.13 Å². The Morgan fingerprint density at radius 1 is 1.44 bits per heavy atom. The Labute approximate surface area is 112 Å². The lowest BCUT2D eigenvalue weighted by atomic mass is 10.2. The molecule has 0 radical (unpaired) electrons. The predicted molar refractivity (Wildman–Crippen MR) is 73.4 cm³/mol. The zero-order valence-corrected chi connectivity index (χ0v) is 11.8. The quantitative estimate of drug-likeness (QED) is 0.843. The van der Waals surface area contributed by atoms with E-state index in [2.05, 4.69) is 25.8 Å². The summed E-state index contributed by atoms with van der Waals surface area (Å²) in [4.78, 5) is 6.43. The molecule has 0 spiro atoms. The van der Waals surface area contributed by atoms with E-state index in [0.717, 1.165) is 26.9 Å². The maximum atomic E-state index is 6.11. The van der Waals surface area contributed by atoms with Gasteiger partial charge in [-0.2, -0.15) is 0 Å². The van der Waals surface area contributed by atoms with Crippen LogP contribution in [0.4, 0.5) is 5.13 Å². The topological polar surface area (TPSA) is 16.1 Å². The summed E-state index contributed by atoms with van der Waals surface area (Å²) in [5.41, 5.74) is 1.11. The van der Waals surface area contributed by atoms with Crippen molar-refractivity contribution in [1.82, 2.24) is 4.98 Å². The third-order valence-electron chi connectivity index (χ3n) is 2.16. The van der Waals surface area contributed by atoms with Crippen LogP contribution in [-0.4, -0.2) is 12.0 Å². The van der Waals surface area contributed by atoms with Gasteiger partial charge in [0.05, 0.1) is 0 Å². The first-order valence-electron chi connectivity index (χ1n) is 4.72. The molecule has 0 aliphatic heterocycles. The third-order valence-corrected chi connectivity index (χ3v) is 4.19. The molecule has 0 amide bonds. The van der Waals surface area contributed by atoms with Gasteiger partial charge in [-0.3, -0.25) is 0 Å². The lowest BCUT2D eigenvalue weighted by Gasteiger charge is -2.16. The highest BCUT2D eigenvalue weighted by atomic mass is 79.9. The van der Waals surface area contributed by atoms with Crippen LogP contribution < -0.4 is 4.90 Å². The van der Waals surface area contributed by atoms with Crippen LogP contribution in [0, 0.1) is 0 Å². The fraction of sp³-hybridized carbons (Fsp3) is 0.182. The molecule has 0 N–H and O–H groups in total. The first kappa shape index (κ1) is 11.9. The van der Waals surface area contributed by atoms with Gasteiger partial charge in [0, 0.05) is 24.0 Å². The van der Waals surface area contributed by atoms with Crippen molar-refractivity contribution >= 4 is 44.0 Å². The summed E-state index contributed by atoms with van der Waals surface area (Å²) >= 11 is 11.1. The summed E-state index contributed by atoms with van der Waals surface area (Å²) in [5.74, 6) is 0. The Kier molecular flexibility index (Phi) is 3.84. The van der Waals surface area contributed by atoms with Crippen LogP contribution >= 0.6 is 38.9 Å². The van der Waals surface area contributed by atoms with Gasteiger partial charge in [-0.15, -0.1) is 11.3 Å². The first-order chi connectivity index (χ1) is 7.66. The summed E-state index contributed by atoms with van der Waals surface area (Å²) in [6.45, 7) is 0.764. The van der Waals surface area contributed by atoms with Crippen molar-refractivity contribution in [3.05, 3.63) is 44.8 Å². The van der Waals surface area contributed by atoms with Gasteiger partial charge in [-0.05, 0) is 27.6 Å². The second-order valence-electron chi connectivity index (χ2n) is 3.40. The van der Waals surface area contributed by atoms with Crippen LogP contribution in [-0.2, 0) is 6.54 Å². The van der Waals surface area contributed by atoms with Gasteiger partial charge in [0.2, 0.25) is 0 Å². The molecule has 0 saturated carbocycles. The maximum absolute atomic E-state index is 6.11. The highest BCUT2D eigenvalue weighted by Crippen LogP contribution is 2.25. The minimum absolute atomic E-state index is 0.764. The number of hydrogen-bond donors (Lipinski definition) is 0. The molecule has 0 bridgehead atoms. The standard InChI is InChI=1S/C11H10BrClN2S/c1-15(11-14-10(12)7-16-11)6-8-4-2-3-5-9(8)13/h2-5,7H,6H2,1H3. The normalized spacial score (nSPS) is 10.4. The van der Waals surface area contributed by atoms with E-state index in [1.54, 1.807) is 11.3 Å². The van der Waals surface area contributed by atoms with Crippen molar-refractivity contribution in [2.24, 2.45) is 0 Å². The number of aromatic nitrogens is 1. The zero-order valence-electron chi connectivity index (χ0n) is 8.65. The molecule has 1 aromatic heterocycles. The summed E-state index contributed by atoms with van der Waals surface area (Å²) in [6.07, 6.45) is 0. The van der Waals surface area contributed by atoms with E-state index in [4.69, 9.17) is 11.6 Å². The van der Waals surface area contributed by atoms with E-state index in [0.29, 0.717) is 0 Å². The van der Waals surface area contributed by atoms with Gasteiger partial charge < -0.3 is 4.90 Å². The van der Waals surface area contributed by atoms with Crippen LogP contribution in [0.5, 0.6) is 0 Å². The molecule has 0 saturated heterocycles. The molecule has 0 aliphatic rings. The second kappa shape index (κ2) is 5.17. The fourth-order valence-corrected chi connectivity index (χ4v) is 2.78. The Morgan fingerprint density at radius 2 is 2.19 bits per heavy atom. The molecule has 0 aliphatic carbocycles. The average molecular weight is 318 g/mol. The van der Waals surface area contributed by atoms with E-state index in [9.17, 15) is 0 Å². The molecule has 2 nitrogen and oxygen atoms in total. The third kappa shape index (κ3) is 2.75. The molecule has 2 rings (SSSR count). The Bertz CT molecular complexity index is 486. The van der Waals surface area contributed by atoms with Gasteiger partial charge in [0.1, 0.15) is 4.60 Å². The number of rotatable bonds is 3. The molecular formula is C11H10BrClN2S. The fourth-order valence-electron chi connectivity index (χ4n) is 1.37. The Hall–Kier alpha value is -0.580. The minimum atomic E-state index is 0.764. The second-order valence-corrected chi connectivity index (χ2v) is 5.46. The van der Waals surface area contributed by atoms with Crippen molar-refractivity contribution in [2.75, 3.05) is 11.9 Å². The molecule has 5 heteroatoms. The van der Waals surface area contributed by atoms with E-state index in [-0.39, 0.29) is 0 Å². The summed E-state index contributed by atoms with van der Waals surface area (Å²) in [7, 11) is 2.01. The van der Waals surface area contributed by atoms with E-state index in [1.807, 2.05) is 36.7 Å². The zero-order chi connectivity index (χ0) is 11.5.